The average molecular weight is 134 g/mol. The van der Waals surface area contributed by atoms with Crippen molar-refractivity contribution in [3.05, 3.63) is 0 Å². The topological polar surface area (TPSA) is 0 Å². The summed E-state index contributed by atoms with van der Waals surface area (Å²) in [5, 5.41) is 0. The van der Waals surface area contributed by atoms with Gasteiger partial charge in [-0.05, 0) is 19.3 Å². The van der Waals surface area contributed by atoms with Gasteiger partial charge in [0.2, 0.25) is 0 Å². The van der Waals surface area contributed by atoms with Gasteiger partial charge in [-0.25, -0.2) is 8.78 Å². The fraction of sp³-hybridized carbons (Fsp3) is 1.00. The number of hydrogen-bond acceptors (Lipinski definition) is 0. The highest BCUT2D eigenvalue weighted by molar-refractivity contribution is 4.82. The van der Waals surface area contributed by atoms with Crippen LogP contribution in [0.15, 0.2) is 0 Å². The van der Waals surface area contributed by atoms with Crippen molar-refractivity contribution in [1.29, 1.82) is 0 Å². The SMILES string of the molecule is CC[C@@H]1CCCC1(F)F. The molecule has 0 saturated heterocycles. The van der Waals surface area contributed by atoms with Crippen molar-refractivity contribution >= 4 is 0 Å². The monoisotopic (exact) mass is 134 g/mol. The lowest BCUT2D eigenvalue weighted by atomic mass is 10.0. The zero-order valence-electron chi connectivity index (χ0n) is 5.66. The summed E-state index contributed by atoms with van der Waals surface area (Å²) < 4.78 is 25.2. The second kappa shape index (κ2) is 2.24. The molecule has 0 N–H and O–H groups in total. The van der Waals surface area contributed by atoms with Gasteiger partial charge in [-0.15, -0.1) is 0 Å². The van der Waals surface area contributed by atoms with Crippen LogP contribution in [0.2, 0.25) is 0 Å². The fourth-order valence-electron chi connectivity index (χ4n) is 1.50. The molecule has 9 heavy (non-hydrogen) atoms. The summed E-state index contributed by atoms with van der Waals surface area (Å²) in [7, 11) is 0. The van der Waals surface area contributed by atoms with Gasteiger partial charge in [-0.2, -0.15) is 0 Å². The van der Waals surface area contributed by atoms with Gasteiger partial charge in [-0.3, -0.25) is 0 Å². The van der Waals surface area contributed by atoms with E-state index in [4.69, 9.17) is 0 Å². The van der Waals surface area contributed by atoms with Crippen molar-refractivity contribution in [1.82, 2.24) is 0 Å². The van der Waals surface area contributed by atoms with Crippen molar-refractivity contribution in [2.24, 2.45) is 5.92 Å². The molecule has 0 aromatic heterocycles. The quantitative estimate of drug-likeness (QED) is 0.517. The third kappa shape index (κ3) is 1.22. The van der Waals surface area contributed by atoms with Crippen molar-refractivity contribution in [2.45, 2.75) is 38.5 Å². The van der Waals surface area contributed by atoms with E-state index < -0.39 is 5.92 Å². The second-order valence-electron chi connectivity index (χ2n) is 2.76. The Kier molecular flexibility index (Phi) is 1.73. The van der Waals surface area contributed by atoms with Gasteiger partial charge in [0.1, 0.15) is 0 Å². The van der Waals surface area contributed by atoms with E-state index in [1.165, 1.54) is 0 Å². The molecule has 0 amide bonds. The normalized spacial score (nSPS) is 33.0. The highest BCUT2D eigenvalue weighted by Crippen LogP contribution is 2.41. The number of alkyl halides is 2. The minimum absolute atomic E-state index is 0.117. The van der Waals surface area contributed by atoms with Crippen molar-refractivity contribution < 1.29 is 8.78 Å². The van der Waals surface area contributed by atoms with Crippen molar-refractivity contribution in [3.8, 4) is 0 Å². The van der Waals surface area contributed by atoms with E-state index in [0.717, 1.165) is 6.42 Å². The van der Waals surface area contributed by atoms with Gasteiger partial charge in [0, 0.05) is 12.3 Å². The van der Waals surface area contributed by atoms with Gasteiger partial charge < -0.3 is 0 Å². The van der Waals surface area contributed by atoms with E-state index in [0.29, 0.717) is 12.8 Å². The Bertz CT molecular complexity index is 99.1. The molecule has 1 rings (SSSR count). The molecule has 0 aromatic carbocycles. The van der Waals surface area contributed by atoms with Crippen LogP contribution >= 0.6 is 0 Å². The van der Waals surface area contributed by atoms with Crippen LogP contribution in [-0.2, 0) is 0 Å². The van der Waals surface area contributed by atoms with E-state index in [1.807, 2.05) is 6.92 Å². The molecule has 0 spiro atoms. The Morgan fingerprint density at radius 1 is 1.56 bits per heavy atom. The second-order valence-corrected chi connectivity index (χ2v) is 2.76. The highest BCUT2D eigenvalue weighted by Gasteiger charge is 2.42. The number of halogens is 2. The third-order valence-corrected chi connectivity index (χ3v) is 2.15. The molecule has 1 fully saturated rings. The zero-order valence-corrected chi connectivity index (χ0v) is 5.66. The molecule has 0 unspecified atom stereocenters. The molecule has 1 atom stereocenters. The molecule has 0 heterocycles. The Balaban J connectivity index is 2.52. The molecule has 1 aliphatic carbocycles. The fourth-order valence-corrected chi connectivity index (χ4v) is 1.50. The molecule has 1 saturated carbocycles. The average Bonchev–Trinajstić information content (AvgIpc) is 2.08. The minimum Gasteiger partial charge on any atom is -0.207 e. The molecule has 0 aliphatic heterocycles. The molecule has 0 aromatic rings. The summed E-state index contributed by atoms with van der Waals surface area (Å²) >= 11 is 0. The van der Waals surface area contributed by atoms with E-state index in [-0.39, 0.29) is 12.3 Å². The molecule has 0 bridgehead atoms. The smallest absolute Gasteiger partial charge is 0.207 e. The lowest BCUT2D eigenvalue weighted by Crippen LogP contribution is -2.20. The first kappa shape index (κ1) is 6.97. The lowest BCUT2D eigenvalue weighted by Gasteiger charge is -2.15. The van der Waals surface area contributed by atoms with E-state index in [1.54, 1.807) is 0 Å². The third-order valence-electron chi connectivity index (χ3n) is 2.15. The Hall–Kier alpha value is -0.140. The maximum Gasteiger partial charge on any atom is 0.250 e. The molecule has 0 nitrogen and oxygen atoms in total. The summed E-state index contributed by atoms with van der Waals surface area (Å²) in [6.45, 7) is 1.84. The predicted molar refractivity (Wildman–Crippen MR) is 32.6 cm³/mol. The van der Waals surface area contributed by atoms with Crippen molar-refractivity contribution in [2.75, 3.05) is 0 Å². The zero-order chi connectivity index (χ0) is 6.91. The summed E-state index contributed by atoms with van der Waals surface area (Å²) in [6.07, 6.45) is 2.19. The van der Waals surface area contributed by atoms with Gasteiger partial charge in [0.15, 0.2) is 0 Å². The van der Waals surface area contributed by atoms with Crippen LogP contribution in [0.4, 0.5) is 8.78 Å². The van der Waals surface area contributed by atoms with Crippen LogP contribution in [0.1, 0.15) is 32.6 Å². The predicted octanol–water partition coefficient (Wildman–Crippen LogP) is 2.83. The van der Waals surface area contributed by atoms with Crippen LogP contribution in [0, 0.1) is 5.92 Å². The van der Waals surface area contributed by atoms with E-state index in [2.05, 4.69) is 0 Å². The lowest BCUT2D eigenvalue weighted by molar-refractivity contribution is -0.0377. The molecular formula is C7H12F2. The highest BCUT2D eigenvalue weighted by atomic mass is 19.3. The van der Waals surface area contributed by atoms with Crippen LogP contribution < -0.4 is 0 Å². The summed E-state index contributed by atoms with van der Waals surface area (Å²) in [5.41, 5.74) is 0. The van der Waals surface area contributed by atoms with E-state index in [9.17, 15) is 8.78 Å². The summed E-state index contributed by atoms with van der Waals surface area (Å²) in [4.78, 5) is 0. The number of rotatable bonds is 1. The van der Waals surface area contributed by atoms with Crippen LogP contribution in [-0.4, -0.2) is 5.92 Å². The maximum atomic E-state index is 12.6. The summed E-state index contributed by atoms with van der Waals surface area (Å²) in [6, 6.07) is 0. The largest absolute Gasteiger partial charge is 0.250 e. The molecular weight excluding hydrogens is 122 g/mol. The maximum absolute atomic E-state index is 12.6. The first-order chi connectivity index (χ1) is 4.17. The van der Waals surface area contributed by atoms with Gasteiger partial charge in [-0.1, -0.05) is 6.92 Å². The number of hydrogen-bond donors (Lipinski definition) is 0. The Morgan fingerprint density at radius 3 is 2.44 bits per heavy atom. The van der Waals surface area contributed by atoms with Crippen LogP contribution in [0.5, 0.6) is 0 Å². The van der Waals surface area contributed by atoms with Gasteiger partial charge in [0.05, 0.1) is 0 Å². The molecule has 1 aliphatic rings. The van der Waals surface area contributed by atoms with E-state index >= 15 is 0 Å². The Morgan fingerprint density at radius 2 is 2.22 bits per heavy atom. The first-order valence-corrected chi connectivity index (χ1v) is 3.54. The Labute approximate surface area is 54.3 Å². The van der Waals surface area contributed by atoms with Gasteiger partial charge >= 0.3 is 0 Å². The first-order valence-electron chi connectivity index (χ1n) is 3.54. The minimum atomic E-state index is -2.34. The molecule has 2 heteroatoms. The van der Waals surface area contributed by atoms with Crippen LogP contribution in [0.25, 0.3) is 0 Å². The molecule has 54 valence electrons. The standard InChI is InChI=1S/C7H12F2/c1-2-6-4-3-5-7(6,8)9/h6H,2-5H2,1H3/t6-/m1/s1. The van der Waals surface area contributed by atoms with Crippen LogP contribution in [0.3, 0.4) is 0 Å². The van der Waals surface area contributed by atoms with Gasteiger partial charge in [0.25, 0.3) is 5.92 Å². The molecule has 0 radical (unpaired) electrons. The van der Waals surface area contributed by atoms with Crippen molar-refractivity contribution in [3.63, 3.8) is 0 Å². The summed E-state index contributed by atoms with van der Waals surface area (Å²) in [5.74, 6) is -2.66.